The summed E-state index contributed by atoms with van der Waals surface area (Å²) in [4.78, 5) is 0. The third kappa shape index (κ3) is 3.13. The minimum Gasteiger partial charge on any atom is -0.380 e. The molecule has 1 nitrogen and oxygen atoms in total. The van der Waals surface area contributed by atoms with Crippen LogP contribution in [0.2, 0.25) is 5.02 Å². The van der Waals surface area contributed by atoms with Crippen molar-refractivity contribution in [3.8, 4) is 0 Å². The van der Waals surface area contributed by atoms with Crippen molar-refractivity contribution in [1.82, 2.24) is 0 Å². The summed E-state index contributed by atoms with van der Waals surface area (Å²) in [5.41, 5.74) is 3.85. The normalized spacial score (nSPS) is 14.4. The molecule has 98 valence electrons. The van der Waals surface area contributed by atoms with Crippen LogP contribution >= 0.6 is 27.5 Å². The molecule has 2 aromatic carbocycles. The van der Waals surface area contributed by atoms with Gasteiger partial charge in [-0.05, 0) is 48.1 Å². The first-order valence-electron chi connectivity index (χ1n) is 6.51. The standard InChI is InChI=1S/C16H15BrClN/c17-13-7-8-16(15(18)9-13)19-10-12-3-1-2-4-14(12)11-5-6-11/h1-4,7-9,11,19H,5-6,10H2. The zero-order valence-corrected chi connectivity index (χ0v) is 12.8. The van der Waals surface area contributed by atoms with Gasteiger partial charge < -0.3 is 5.32 Å². The average Bonchev–Trinajstić information content (AvgIpc) is 3.22. The predicted octanol–water partition coefficient (Wildman–Crippen LogP) is 5.59. The summed E-state index contributed by atoms with van der Waals surface area (Å²) in [5, 5.41) is 4.18. The third-order valence-electron chi connectivity index (χ3n) is 3.47. The van der Waals surface area contributed by atoms with Crippen molar-refractivity contribution in [3.05, 3.63) is 63.1 Å². The predicted molar refractivity (Wildman–Crippen MR) is 84.9 cm³/mol. The van der Waals surface area contributed by atoms with E-state index in [1.54, 1.807) is 0 Å². The summed E-state index contributed by atoms with van der Waals surface area (Å²) in [7, 11) is 0. The maximum absolute atomic E-state index is 6.22. The molecule has 0 radical (unpaired) electrons. The molecule has 1 fully saturated rings. The highest BCUT2D eigenvalue weighted by Crippen LogP contribution is 2.41. The minimum absolute atomic E-state index is 0.748. The fraction of sp³-hybridized carbons (Fsp3) is 0.250. The Bertz CT molecular complexity index is 593. The number of hydrogen-bond donors (Lipinski definition) is 1. The van der Waals surface area contributed by atoms with Gasteiger partial charge in [-0.2, -0.15) is 0 Å². The topological polar surface area (TPSA) is 12.0 Å². The van der Waals surface area contributed by atoms with Gasteiger partial charge in [0.25, 0.3) is 0 Å². The fourth-order valence-electron chi connectivity index (χ4n) is 2.31. The summed E-state index contributed by atoms with van der Waals surface area (Å²) >= 11 is 9.64. The fourth-order valence-corrected chi connectivity index (χ4v) is 3.05. The molecule has 1 saturated carbocycles. The molecule has 0 aliphatic heterocycles. The Morgan fingerprint density at radius 3 is 2.68 bits per heavy atom. The Hall–Kier alpha value is -0.990. The van der Waals surface area contributed by atoms with Crippen LogP contribution in [0, 0.1) is 0 Å². The van der Waals surface area contributed by atoms with Gasteiger partial charge in [-0.15, -0.1) is 0 Å². The molecule has 0 atom stereocenters. The molecule has 1 N–H and O–H groups in total. The summed E-state index contributed by atoms with van der Waals surface area (Å²) in [5.74, 6) is 0.776. The molecule has 1 aliphatic rings. The summed E-state index contributed by atoms with van der Waals surface area (Å²) in [6, 6.07) is 14.6. The Kier molecular flexibility index (Phi) is 3.81. The van der Waals surface area contributed by atoms with E-state index in [4.69, 9.17) is 11.6 Å². The minimum atomic E-state index is 0.748. The van der Waals surface area contributed by atoms with Crippen LogP contribution in [0.1, 0.15) is 29.9 Å². The molecule has 0 heterocycles. The van der Waals surface area contributed by atoms with Gasteiger partial charge in [0.15, 0.2) is 0 Å². The van der Waals surface area contributed by atoms with E-state index in [0.29, 0.717) is 0 Å². The molecule has 3 rings (SSSR count). The highest BCUT2D eigenvalue weighted by atomic mass is 79.9. The molecule has 0 amide bonds. The highest BCUT2D eigenvalue weighted by molar-refractivity contribution is 9.10. The molecule has 0 bridgehead atoms. The zero-order valence-electron chi connectivity index (χ0n) is 10.5. The molecule has 2 aromatic rings. The molecular formula is C16H15BrClN. The van der Waals surface area contributed by atoms with E-state index in [9.17, 15) is 0 Å². The van der Waals surface area contributed by atoms with Crippen molar-refractivity contribution in [2.75, 3.05) is 5.32 Å². The first-order valence-corrected chi connectivity index (χ1v) is 7.68. The Morgan fingerprint density at radius 2 is 1.95 bits per heavy atom. The van der Waals surface area contributed by atoms with Gasteiger partial charge >= 0.3 is 0 Å². The van der Waals surface area contributed by atoms with Gasteiger partial charge in [-0.25, -0.2) is 0 Å². The second-order valence-corrected chi connectivity index (χ2v) is 6.27. The van der Waals surface area contributed by atoms with Crippen molar-refractivity contribution in [2.45, 2.75) is 25.3 Å². The lowest BCUT2D eigenvalue weighted by Crippen LogP contribution is -2.02. The van der Waals surface area contributed by atoms with Crippen LogP contribution in [-0.2, 0) is 6.54 Å². The Morgan fingerprint density at radius 1 is 1.16 bits per heavy atom. The Labute approximate surface area is 127 Å². The lowest BCUT2D eigenvalue weighted by atomic mass is 10.0. The first kappa shape index (κ1) is 13.0. The Balaban J connectivity index is 1.75. The zero-order chi connectivity index (χ0) is 13.2. The van der Waals surface area contributed by atoms with Gasteiger partial charge in [0.2, 0.25) is 0 Å². The van der Waals surface area contributed by atoms with Crippen molar-refractivity contribution in [3.63, 3.8) is 0 Å². The monoisotopic (exact) mass is 335 g/mol. The average molecular weight is 337 g/mol. The van der Waals surface area contributed by atoms with E-state index in [1.165, 1.54) is 24.0 Å². The number of halogens is 2. The molecule has 1 aliphatic carbocycles. The quantitative estimate of drug-likeness (QED) is 0.767. The van der Waals surface area contributed by atoms with Crippen LogP contribution in [-0.4, -0.2) is 0 Å². The van der Waals surface area contributed by atoms with Crippen molar-refractivity contribution < 1.29 is 0 Å². The van der Waals surface area contributed by atoms with E-state index < -0.39 is 0 Å². The van der Waals surface area contributed by atoms with E-state index >= 15 is 0 Å². The molecular weight excluding hydrogens is 322 g/mol. The van der Waals surface area contributed by atoms with E-state index in [1.807, 2.05) is 18.2 Å². The second kappa shape index (κ2) is 5.56. The van der Waals surface area contributed by atoms with Crippen LogP contribution in [0.5, 0.6) is 0 Å². The largest absolute Gasteiger partial charge is 0.380 e. The summed E-state index contributed by atoms with van der Waals surface area (Å²) in [6.45, 7) is 0.827. The van der Waals surface area contributed by atoms with Gasteiger partial charge in [0.1, 0.15) is 0 Å². The highest BCUT2D eigenvalue weighted by Gasteiger charge is 2.25. The summed E-state index contributed by atoms with van der Waals surface area (Å²) < 4.78 is 1.00. The molecule has 19 heavy (non-hydrogen) atoms. The lowest BCUT2D eigenvalue weighted by Gasteiger charge is -2.12. The van der Waals surface area contributed by atoms with E-state index in [0.717, 1.165) is 27.6 Å². The van der Waals surface area contributed by atoms with Crippen LogP contribution in [0.15, 0.2) is 46.9 Å². The SMILES string of the molecule is Clc1cc(Br)ccc1NCc1ccccc1C1CC1. The van der Waals surface area contributed by atoms with Crippen molar-refractivity contribution >= 4 is 33.2 Å². The molecule has 0 spiro atoms. The van der Waals surface area contributed by atoms with Crippen LogP contribution in [0.4, 0.5) is 5.69 Å². The molecule has 3 heteroatoms. The third-order valence-corrected chi connectivity index (χ3v) is 4.28. The second-order valence-electron chi connectivity index (χ2n) is 4.95. The van der Waals surface area contributed by atoms with Crippen LogP contribution in [0.25, 0.3) is 0 Å². The number of hydrogen-bond acceptors (Lipinski definition) is 1. The van der Waals surface area contributed by atoms with Crippen LogP contribution < -0.4 is 5.32 Å². The number of rotatable bonds is 4. The number of nitrogens with one attached hydrogen (secondary N) is 1. The lowest BCUT2D eigenvalue weighted by molar-refractivity contribution is 1.04. The maximum atomic E-state index is 6.22. The molecule has 0 saturated heterocycles. The van der Waals surface area contributed by atoms with Gasteiger partial charge in [-0.1, -0.05) is 51.8 Å². The maximum Gasteiger partial charge on any atom is 0.0648 e. The van der Waals surface area contributed by atoms with Crippen LogP contribution in [0.3, 0.4) is 0 Å². The van der Waals surface area contributed by atoms with E-state index in [2.05, 4.69) is 45.5 Å². The van der Waals surface area contributed by atoms with Gasteiger partial charge in [-0.3, -0.25) is 0 Å². The van der Waals surface area contributed by atoms with E-state index in [-0.39, 0.29) is 0 Å². The number of anilines is 1. The number of benzene rings is 2. The van der Waals surface area contributed by atoms with Crippen molar-refractivity contribution in [2.24, 2.45) is 0 Å². The summed E-state index contributed by atoms with van der Waals surface area (Å²) in [6.07, 6.45) is 2.66. The molecule has 0 aromatic heterocycles. The smallest absolute Gasteiger partial charge is 0.0648 e. The van der Waals surface area contributed by atoms with Gasteiger partial charge in [0.05, 0.1) is 10.7 Å². The van der Waals surface area contributed by atoms with Crippen molar-refractivity contribution in [1.29, 1.82) is 0 Å². The molecule has 0 unspecified atom stereocenters. The van der Waals surface area contributed by atoms with Gasteiger partial charge in [0, 0.05) is 11.0 Å². The first-order chi connectivity index (χ1) is 9.24.